The fourth-order valence-electron chi connectivity index (χ4n) is 8.75. The third-order valence-corrected chi connectivity index (χ3v) is 13.1. The predicted octanol–water partition coefficient (Wildman–Crippen LogP) is 16.5. The van der Waals surface area contributed by atoms with Crippen LogP contribution in [0, 0.1) is 0 Å². The zero-order chi connectivity index (χ0) is 42.5. The fraction of sp³-hybridized carbons (Fsp3) is 0.0702. The van der Waals surface area contributed by atoms with Crippen molar-refractivity contribution in [3.8, 4) is 39.6 Å². The van der Waals surface area contributed by atoms with E-state index in [1.54, 1.807) is 0 Å². The van der Waals surface area contributed by atoms with Gasteiger partial charge in [0.15, 0.2) is 0 Å². The molecule has 0 atom stereocenters. The summed E-state index contributed by atoms with van der Waals surface area (Å²) in [6, 6.07) is 68.1. The number of ether oxygens (including phenoxy) is 1. The number of nitrogens with one attached hydrogen (secondary N) is 2. The van der Waals surface area contributed by atoms with Crippen LogP contribution in [0.4, 0.5) is 22.7 Å². The highest BCUT2D eigenvalue weighted by molar-refractivity contribution is 7.26. The van der Waals surface area contributed by atoms with Gasteiger partial charge in [-0.15, -0.1) is 11.3 Å². The molecular formula is C57H44N4OS. The zero-order valence-corrected chi connectivity index (χ0v) is 36.1. The van der Waals surface area contributed by atoms with Crippen molar-refractivity contribution in [3.63, 3.8) is 0 Å². The zero-order valence-electron chi connectivity index (χ0n) is 35.3. The molecule has 0 unspecified atom stereocenters. The van der Waals surface area contributed by atoms with Crippen LogP contribution in [-0.2, 0) is 5.41 Å². The summed E-state index contributed by atoms with van der Waals surface area (Å²) >= 11 is 1.85. The number of anilines is 4. The van der Waals surface area contributed by atoms with Crippen LogP contribution in [0.1, 0.15) is 26.3 Å². The van der Waals surface area contributed by atoms with Gasteiger partial charge in [0.25, 0.3) is 0 Å². The van der Waals surface area contributed by atoms with E-state index in [0.717, 1.165) is 73.4 Å². The molecule has 5 nitrogen and oxygen atoms in total. The van der Waals surface area contributed by atoms with E-state index in [2.05, 4.69) is 218 Å². The number of fused-ring (bicyclic) bond motifs is 7. The number of hydrogen-bond donors (Lipinski definition) is 2. The van der Waals surface area contributed by atoms with E-state index in [0.29, 0.717) is 0 Å². The van der Waals surface area contributed by atoms with Crippen molar-refractivity contribution in [2.75, 3.05) is 10.6 Å². The standard InChI is InChI=1S/C57H44N4OS/c1-57(2,3)39-32-33-58-53(34-39)61-50-31-30-46-45-22-10-13-27-52(45)63-56(46)54(50)47-29-28-42(36-51(47)61)62-41-21-14-20-40(35-41)59-48-25-11-12-26-49(48)60-55-43(37-16-6-4-7-17-37)23-15-24-44(55)38-18-8-5-9-19-38/h4-36,59-60H,1-3H3. The first-order valence-electron chi connectivity index (χ1n) is 21.4. The maximum Gasteiger partial charge on any atom is 0.137 e. The van der Waals surface area contributed by atoms with E-state index in [1.807, 2.05) is 29.7 Å². The van der Waals surface area contributed by atoms with E-state index in [9.17, 15) is 0 Å². The summed E-state index contributed by atoms with van der Waals surface area (Å²) < 4.78 is 11.6. The summed E-state index contributed by atoms with van der Waals surface area (Å²) in [5.41, 5.74) is 11.8. The van der Waals surface area contributed by atoms with Gasteiger partial charge in [-0.1, -0.05) is 142 Å². The molecule has 0 aliphatic carbocycles. The highest BCUT2D eigenvalue weighted by Gasteiger charge is 2.21. The van der Waals surface area contributed by atoms with Gasteiger partial charge in [0.1, 0.15) is 17.3 Å². The van der Waals surface area contributed by atoms with Gasteiger partial charge in [-0.05, 0) is 82.8 Å². The molecule has 3 heterocycles. The molecule has 8 aromatic carbocycles. The summed E-state index contributed by atoms with van der Waals surface area (Å²) in [6.45, 7) is 6.74. The summed E-state index contributed by atoms with van der Waals surface area (Å²) in [4.78, 5) is 4.97. The molecule has 0 radical (unpaired) electrons. The second-order valence-corrected chi connectivity index (χ2v) is 18.0. The Kier molecular flexibility index (Phi) is 9.51. The lowest BCUT2D eigenvalue weighted by Gasteiger charge is -2.20. The van der Waals surface area contributed by atoms with Crippen LogP contribution in [0.5, 0.6) is 11.5 Å². The van der Waals surface area contributed by atoms with E-state index in [1.165, 1.54) is 36.5 Å². The molecule has 304 valence electrons. The van der Waals surface area contributed by atoms with Gasteiger partial charge in [0.05, 0.1) is 28.1 Å². The summed E-state index contributed by atoms with van der Waals surface area (Å²) in [7, 11) is 0. The predicted molar refractivity (Wildman–Crippen MR) is 267 cm³/mol. The minimum Gasteiger partial charge on any atom is -0.457 e. The molecule has 0 saturated heterocycles. The molecule has 2 N–H and O–H groups in total. The van der Waals surface area contributed by atoms with Gasteiger partial charge < -0.3 is 15.4 Å². The molecular weight excluding hydrogens is 789 g/mol. The second kappa shape index (κ2) is 15.7. The first kappa shape index (κ1) is 38.3. The van der Waals surface area contributed by atoms with Crippen LogP contribution in [0.15, 0.2) is 200 Å². The minimum absolute atomic E-state index is 0.0309. The SMILES string of the molecule is CC(C)(C)c1ccnc(-n2c3cc(Oc4cccc(Nc5ccccc5Nc5c(-c6ccccc6)cccc5-c5ccccc5)c4)ccc3c3c4sc5ccccc5c4ccc32)c1. The van der Waals surface area contributed by atoms with Gasteiger partial charge in [-0.3, -0.25) is 4.57 Å². The maximum absolute atomic E-state index is 6.73. The van der Waals surface area contributed by atoms with Crippen molar-refractivity contribution in [2.45, 2.75) is 26.2 Å². The van der Waals surface area contributed by atoms with Crippen molar-refractivity contribution < 1.29 is 4.74 Å². The van der Waals surface area contributed by atoms with Gasteiger partial charge >= 0.3 is 0 Å². The largest absolute Gasteiger partial charge is 0.457 e. The molecule has 0 aliphatic rings. The Bertz CT molecular complexity index is 3420. The van der Waals surface area contributed by atoms with Crippen molar-refractivity contribution in [2.24, 2.45) is 0 Å². The number of hydrogen-bond acceptors (Lipinski definition) is 5. The topological polar surface area (TPSA) is 51.1 Å². The highest BCUT2D eigenvalue weighted by atomic mass is 32.1. The van der Waals surface area contributed by atoms with Crippen LogP contribution in [0.25, 0.3) is 70.0 Å². The quantitative estimate of drug-likeness (QED) is 0.152. The Morgan fingerprint density at radius 3 is 1.92 bits per heavy atom. The molecule has 0 spiro atoms. The second-order valence-electron chi connectivity index (χ2n) is 17.0. The molecule has 0 amide bonds. The first-order valence-corrected chi connectivity index (χ1v) is 22.2. The Balaban J connectivity index is 0.958. The molecule has 63 heavy (non-hydrogen) atoms. The first-order chi connectivity index (χ1) is 30.9. The van der Waals surface area contributed by atoms with Crippen molar-refractivity contribution in [3.05, 3.63) is 206 Å². The van der Waals surface area contributed by atoms with Crippen LogP contribution < -0.4 is 15.4 Å². The average molecular weight is 833 g/mol. The molecule has 0 bridgehead atoms. The van der Waals surface area contributed by atoms with E-state index < -0.39 is 0 Å². The lowest BCUT2D eigenvalue weighted by atomic mass is 9.88. The van der Waals surface area contributed by atoms with E-state index >= 15 is 0 Å². The van der Waals surface area contributed by atoms with Gasteiger partial charge in [-0.2, -0.15) is 0 Å². The fourth-order valence-corrected chi connectivity index (χ4v) is 10.0. The van der Waals surface area contributed by atoms with Crippen LogP contribution in [0.2, 0.25) is 0 Å². The lowest BCUT2D eigenvalue weighted by molar-refractivity contribution is 0.483. The Morgan fingerprint density at radius 2 is 1.17 bits per heavy atom. The van der Waals surface area contributed by atoms with Crippen LogP contribution in [-0.4, -0.2) is 9.55 Å². The molecule has 0 fully saturated rings. The number of aromatic nitrogens is 2. The Labute approximate surface area is 370 Å². The summed E-state index contributed by atoms with van der Waals surface area (Å²) in [6.07, 6.45) is 1.93. The highest BCUT2D eigenvalue weighted by Crippen LogP contribution is 2.45. The number of para-hydroxylation sites is 3. The molecule has 0 saturated carbocycles. The van der Waals surface area contributed by atoms with Crippen LogP contribution in [0.3, 0.4) is 0 Å². The Hall–Kier alpha value is -7.67. The van der Waals surface area contributed by atoms with Crippen molar-refractivity contribution >= 4 is 76.1 Å². The smallest absolute Gasteiger partial charge is 0.137 e. The van der Waals surface area contributed by atoms with Gasteiger partial charge in [0, 0.05) is 66.1 Å². The Morgan fingerprint density at radius 1 is 0.524 bits per heavy atom. The third-order valence-electron chi connectivity index (χ3n) is 11.9. The molecule has 11 rings (SSSR count). The van der Waals surface area contributed by atoms with Crippen LogP contribution >= 0.6 is 11.3 Å². The molecule has 6 heteroatoms. The molecule has 0 aliphatic heterocycles. The third kappa shape index (κ3) is 7.14. The maximum atomic E-state index is 6.73. The van der Waals surface area contributed by atoms with Crippen molar-refractivity contribution in [1.82, 2.24) is 9.55 Å². The molecule has 3 aromatic heterocycles. The van der Waals surface area contributed by atoms with E-state index in [-0.39, 0.29) is 5.41 Å². The lowest BCUT2D eigenvalue weighted by Crippen LogP contribution is -2.12. The van der Waals surface area contributed by atoms with Crippen molar-refractivity contribution in [1.29, 1.82) is 0 Å². The van der Waals surface area contributed by atoms with E-state index in [4.69, 9.17) is 9.72 Å². The van der Waals surface area contributed by atoms with Gasteiger partial charge in [-0.25, -0.2) is 4.98 Å². The number of rotatable bonds is 9. The average Bonchev–Trinajstić information content (AvgIpc) is 3.86. The normalized spacial score (nSPS) is 11.7. The summed E-state index contributed by atoms with van der Waals surface area (Å²) in [5.74, 6) is 2.37. The number of benzene rings is 8. The summed E-state index contributed by atoms with van der Waals surface area (Å²) in [5, 5.41) is 12.5. The number of nitrogens with zero attached hydrogens (tertiary/aromatic N) is 2. The van der Waals surface area contributed by atoms with Gasteiger partial charge in [0.2, 0.25) is 0 Å². The monoisotopic (exact) mass is 832 g/mol. The number of thiophene rings is 1. The molecule has 11 aromatic rings. The number of pyridine rings is 1. The minimum atomic E-state index is -0.0309.